The third kappa shape index (κ3) is 3.85. The first-order valence-electron chi connectivity index (χ1n) is 8.11. The second kappa shape index (κ2) is 7.72. The summed E-state index contributed by atoms with van der Waals surface area (Å²) in [4.78, 5) is 23.7. The van der Waals surface area contributed by atoms with Gasteiger partial charge in [0.15, 0.2) is 0 Å². The minimum atomic E-state index is -0.582. The van der Waals surface area contributed by atoms with Gasteiger partial charge in [-0.1, -0.05) is 18.0 Å². The Labute approximate surface area is 152 Å². The molecule has 2 fully saturated rings. The number of benzene rings is 1. The van der Waals surface area contributed by atoms with Crippen LogP contribution >= 0.6 is 24.0 Å². The number of nitrogens with two attached hydrogens (primary N) is 2. The lowest BCUT2D eigenvalue weighted by molar-refractivity contribution is -0.122. The number of primary amides is 1. The normalized spacial score (nSPS) is 28.6. The van der Waals surface area contributed by atoms with Gasteiger partial charge < -0.3 is 16.8 Å². The summed E-state index contributed by atoms with van der Waals surface area (Å²) >= 11 is 6.02. The Kier molecular flexibility index (Phi) is 6.12. The molecule has 2 aliphatic rings. The van der Waals surface area contributed by atoms with Crippen LogP contribution in [-0.2, 0) is 4.79 Å². The first-order chi connectivity index (χ1) is 11.0. The van der Waals surface area contributed by atoms with Crippen LogP contribution in [0.4, 0.5) is 5.69 Å². The van der Waals surface area contributed by atoms with E-state index in [1.807, 2.05) is 0 Å². The van der Waals surface area contributed by atoms with Crippen LogP contribution in [0.1, 0.15) is 42.5 Å². The molecule has 0 aliphatic heterocycles. The molecule has 5 N–H and O–H groups in total. The zero-order valence-electron chi connectivity index (χ0n) is 13.3. The molecule has 2 atom stereocenters. The van der Waals surface area contributed by atoms with Crippen LogP contribution < -0.4 is 16.8 Å². The van der Waals surface area contributed by atoms with E-state index in [9.17, 15) is 9.59 Å². The van der Waals surface area contributed by atoms with Crippen molar-refractivity contribution < 1.29 is 9.59 Å². The summed E-state index contributed by atoms with van der Waals surface area (Å²) in [5, 5.41) is 3.15. The zero-order valence-corrected chi connectivity index (χ0v) is 14.9. The number of hydrogen-bond acceptors (Lipinski definition) is 3. The van der Waals surface area contributed by atoms with Crippen molar-refractivity contribution in [2.45, 2.75) is 38.1 Å². The number of fused-ring (bicyclic) bond motifs is 2. The van der Waals surface area contributed by atoms with E-state index in [0.29, 0.717) is 17.5 Å². The molecule has 0 saturated heterocycles. The van der Waals surface area contributed by atoms with Crippen LogP contribution in [0.15, 0.2) is 18.2 Å². The molecule has 2 unspecified atom stereocenters. The van der Waals surface area contributed by atoms with Gasteiger partial charge in [-0.3, -0.25) is 9.59 Å². The molecule has 7 heteroatoms. The lowest BCUT2D eigenvalue weighted by Gasteiger charge is -2.43. The van der Waals surface area contributed by atoms with Crippen molar-refractivity contribution in [1.82, 2.24) is 0 Å². The number of halogens is 2. The minimum absolute atomic E-state index is 0. The number of nitrogens with one attached hydrogen (secondary N) is 1. The second-order valence-electron chi connectivity index (χ2n) is 6.74. The summed E-state index contributed by atoms with van der Waals surface area (Å²) in [5.41, 5.74) is 12.3. The molecule has 0 heterocycles. The number of amides is 2. The molecule has 0 aromatic heterocycles. The number of rotatable bonds is 3. The summed E-state index contributed by atoms with van der Waals surface area (Å²) in [6.45, 7) is 0. The van der Waals surface area contributed by atoms with Crippen LogP contribution in [0, 0.1) is 17.8 Å². The highest BCUT2D eigenvalue weighted by Crippen LogP contribution is 2.42. The molecule has 1 aromatic carbocycles. The molecule has 3 rings (SSSR count). The predicted octanol–water partition coefficient (Wildman–Crippen LogP) is 2.95. The standard InChI is InChI=1S/C17H22ClN3O2.ClH/c18-14-8-12(4-5-13(14)16(20)22)21-17(23)11-6-9-2-1-3-10(7-11)15(9)19;/h4-5,8-11,15H,1-3,6-7,19H2,(H2,20,22)(H,21,23);1H. The molecule has 2 bridgehead atoms. The van der Waals surface area contributed by atoms with Crippen LogP contribution in [0.3, 0.4) is 0 Å². The molecule has 2 aliphatic carbocycles. The number of carbonyl (C=O) groups excluding carboxylic acids is 2. The average molecular weight is 372 g/mol. The van der Waals surface area contributed by atoms with Gasteiger partial charge in [-0.25, -0.2) is 0 Å². The van der Waals surface area contributed by atoms with Gasteiger partial charge in [0.25, 0.3) is 0 Å². The maximum absolute atomic E-state index is 12.5. The van der Waals surface area contributed by atoms with Gasteiger partial charge in [-0.2, -0.15) is 0 Å². The predicted molar refractivity (Wildman–Crippen MR) is 97.4 cm³/mol. The maximum Gasteiger partial charge on any atom is 0.250 e. The van der Waals surface area contributed by atoms with Gasteiger partial charge in [0, 0.05) is 17.6 Å². The topological polar surface area (TPSA) is 98.2 Å². The van der Waals surface area contributed by atoms with Crippen molar-refractivity contribution in [2.24, 2.45) is 29.2 Å². The molecule has 24 heavy (non-hydrogen) atoms. The van der Waals surface area contributed by atoms with E-state index in [0.717, 1.165) is 25.7 Å². The van der Waals surface area contributed by atoms with Crippen molar-refractivity contribution in [2.75, 3.05) is 5.32 Å². The van der Waals surface area contributed by atoms with Gasteiger partial charge in [0.2, 0.25) is 11.8 Å². The van der Waals surface area contributed by atoms with Gasteiger partial charge >= 0.3 is 0 Å². The van der Waals surface area contributed by atoms with E-state index in [1.165, 1.54) is 12.5 Å². The summed E-state index contributed by atoms with van der Waals surface area (Å²) in [6, 6.07) is 5.00. The highest BCUT2D eigenvalue weighted by molar-refractivity contribution is 6.34. The van der Waals surface area contributed by atoms with Crippen LogP contribution in [0.2, 0.25) is 5.02 Å². The summed E-state index contributed by atoms with van der Waals surface area (Å²) in [6.07, 6.45) is 5.19. The molecular formula is C17H23Cl2N3O2. The van der Waals surface area contributed by atoms with E-state index in [4.69, 9.17) is 23.1 Å². The van der Waals surface area contributed by atoms with Gasteiger partial charge in [-0.05, 0) is 55.7 Å². The van der Waals surface area contributed by atoms with Crippen molar-refractivity contribution in [3.8, 4) is 0 Å². The Morgan fingerprint density at radius 3 is 2.33 bits per heavy atom. The first kappa shape index (κ1) is 19.0. The summed E-state index contributed by atoms with van der Waals surface area (Å²) in [7, 11) is 0. The molecular weight excluding hydrogens is 349 g/mol. The molecule has 2 saturated carbocycles. The van der Waals surface area contributed by atoms with Crippen LogP contribution in [0.25, 0.3) is 0 Å². The Morgan fingerprint density at radius 2 is 1.79 bits per heavy atom. The highest BCUT2D eigenvalue weighted by Gasteiger charge is 2.40. The third-order valence-corrected chi connectivity index (χ3v) is 5.60. The monoisotopic (exact) mass is 371 g/mol. The lowest BCUT2D eigenvalue weighted by atomic mass is 9.65. The number of carbonyl (C=O) groups is 2. The van der Waals surface area contributed by atoms with E-state index >= 15 is 0 Å². The molecule has 0 spiro atoms. The van der Waals surface area contributed by atoms with E-state index in [1.54, 1.807) is 12.1 Å². The van der Waals surface area contributed by atoms with E-state index in [-0.39, 0.29) is 40.9 Å². The fraction of sp³-hybridized carbons (Fsp3) is 0.529. The Morgan fingerprint density at radius 1 is 1.17 bits per heavy atom. The largest absolute Gasteiger partial charge is 0.366 e. The average Bonchev–Trinajstić information content (AvgIpc) is 2.46. The Bertz CT molecular complexity index is 624. The molecule has 5 nitrogen and oxygen atoms in total. The quantitative estimate of drug-likeness (QED) is 0.761. The van der Waals surface area contributed by atoms with Crippen LogP contribution in [0.5, 0.6) is 0 Å². The van der Waals surface area contributed by atoms with Gasteiger partial charge in [-0.15, -0.1) is 12.4 Å². The number of hydrogen-bond donors (Lipinski definition) is 3. The summed E-state index contributed by atoms with van der Waals surface area (Å²) in [5.74, 6) is 0.344. The van der Waals surface area contributed by atoms with Gasteiger partial charge in [0.1, 0.15) is 0 Å². The SMILES string of the molecule is Cl.NC(=O)c1ccc(NC(=O)C2CC3CCCC(C2)C3N)cc1Cl. The molecule has 2 amide bonds. The molecule has 0 radical (unpaired) electrons. The number of anilines is 1. The third-order valence-electron chi connectivity index (χ3n) is 5.29. The Hall–Kier alpha value is -1.30. The smallest absolute Gasteiger partial charge is 0.250 e. The second-order valence-corrected chi connectivity index (χ2v) is 7.15. The first-order valence-corrected chi connectivity index (χ1v) is 8.49. The molecule has 132 valence electrons. The van der Waals surface area contributed by atoms with Crippen molar-refractivity contribution in [3.05, 3.63) is 28.8 Å². The Balaban J connectivity index is 0.00000208. The zero-order chi connectivity index (χ0) is 16.6. The van der Waals surface area contributed by atoms with Crippen molar-refractivity contribution in [3.63, 3.8) is 0 Å². The van der Waals surface area contributed by atoms with Crippen LogP contribution in [-0.4, -0.2) is 17.9 Å². The van der Waals surface area contributed by atoms with Crippen molar-refractivity contribution in [1.29, 1.82) is 0 Å². The fourth-order valence-corrected chi connectivity index (χ4v) is 4.31. The lowest BCUT2D eigenvalue weighted by Crippen LogP contribution is -2.48. The highest BCUT2D eigenvalue weighted by atomic mass is 35.5. The fourth-order valence-electron chi connectivity index (χ4n) is 4.04. The maximum atomic E-state index is 12.5. The summed E-state index contributed by atoms with van der Waals surface area (Å²) < 4.78 is 0. The minimum Gasteiger partial charge on any atom is -0.366 e. The van der Waals surface area contributed by atoms with Crippen molar-refractivity contribution >= 4 is 41.5 Å². The van der Waals surface area contributed by atoms with E-state index in [2.05, 4.69) is 5.32 Å². The molecule has 1 aromatic rings. The van der Waals surface area contributed by atoms with Gasteiger partial charge in [0.05, 0.1) is 10.6 Å². The van der Waals surface area contributed by atoms with E-state index < -0.39 is 5.91 Å².